The second-order valence-electron chi connectivity index (χ2n) is 9.24. The second kappa shape index (κ2) is 12.3. The van der Waals surface area contributed by atoms with Crippen LogP contribution in [0, 0.1) is 5.92 Å². The van der Waals surface area contributed by atoms with E-state index in [1.165, 1.54) is 87.8 Å². The minimum absolute atomic E-state index is 0.765. The maximum atomic E-state index is 5.87. The first kappa shape index (κ1) is 22.2. The molecule has 1 heteroatoms. The van der Waals surface area contributed by atoms with Crippen LogP contribution in [0.1, 0.15) is 109 Å². The molecule has 160 valence electrons. The van der Waals surface area contributed by atoms with Gasteiger partial charge in [0.15, 0.2) is 0 Å². The Bertz CT molecular complexity index is 711. The van der Waals surface area contributed by atoms with Crippen LogP contribution in [0.15, 0.2) is 36.4 Å². The number of unbranched alkanes of at least 4 members (excludes halogenated alkanes) is 6. The second-order valence-corrected chi connectivity index (χ2v) is 9.24. The van der Waals surface area contributed by atoms with E-state index in [4.69, 9.17) is 4.74 Å². The maximum Gasteiger partial charge on any atom is 0.119 e. The molecular formula is C28H42O. The van der Waals surface area contributed by atoms with Crippen molar-refractivity contribution < 1.29 is 4.74 Å². The molecule has 0 unspecified atom stereocenters. The van der Waals surface area contributed by atoms with Crippen LogP contribution in [0.2, 0.25) is 0 Å². The third-order valence-corrected chi connectivity index (χ3v) is 6.89. The first-order valence-electron chi connectivity index (χ1n) is 12.5. The van der Waals surface area contributed by atoms with Crippen molar-refractivity contribution in [2.24, 2.45) is 5.92 Å². The Labute approximate surface area is 179 Å². The number of hydrogen-bond donors (Lipinski definition) is 0. The predicted octanol–water partition coefficient (Wildman–Crippen LogP) is 9.04. The highest BCUT2D eigenvalue weighted by atomic mass is 16.5. The Kier molecular flexibility index (Phi) is 9.38. The lowest BCUT2D eigenvalue weighted by Crippen LogP contribution is -2.13. The number of rotatable bonds is 12. The summed E-state index contributed by atoms with van der Waals surface area (Å²) >= 11 is 0. The molecule has 1 aliphatic rings. The number of hydrogen-bond acceptors (Lipinski definition) is 1. The van der Waals surface area contributed by atoms with E-state index in [0.717, 1.165) is 30.6 Å². The predicted molar refractivity (Wildman–Crippen MR) is 127 cm³/mol. The van der Waals surface area contributed by atoms with Gasteiger partial charge in [-0.1, -0.05) is 89.5 Å². The van der Waals surface area contributed by atoms with Crippen LogP contribution in [-0.2, 0) is 0 Å². The minimum Gasteiger partial charge on any atom is -0.494 e. The summed E-state index contributed by atoms with van der Waals surface area (Å²) in [6.07, 6.45) is 18.0. The summed E-state index contributed by atoms with van der Waals surface area (Å²) < 4.78 is 5.87. The highest BCUT2D eigenvalue weighted by molar-refractivity contribution is 5.84. The van der Waals surface area contributed by atoms with Crippen molar-refractivity contribution in [1.29, 1.82) is 0 Å². The molecule has 0 spiro atoms. The average Bonchev–Trinajstić information content (AvgIpc) is 2.76. The fourth-order valence-corrected chi connectivity index (χ4v) is 4.92. The highest BCUT2D eigenvalue weighted by Gasteiger charge is 2.22. The van der Waals surface area contributed by atoms with Crippen LogP contribution < -0.4 is 4.74 Å². The molecule has 0 atom stereocenters. The van der Waals surface area contributed by atoms with Gasteiger partial charge in [0.05, 0.1) is 6.61 Å². The Hall–Kier alpha value is -1.50. The summed E-state index contributed by atoms with van der Waals surface area (Å²) in [6.45, 7) is 5.32. The van der Waals surface area contributed by atoms with Crippen LogP contribution in [0.3, 0.4) is 0 Å². The van der Waals surface area contributed by atoms with Crippen LogP contribution >= 0.6 is 0 Å². The molecule has 0 N–H and O–H groups in total. The van der Waals surface area contributed by atoms with Crippen molar-refractivity contribution in [2.75, 3.05) is 6.61 Å². The zero-order chi connectivity index (χ0) is 20.3. The normalized spacial score (nSPS) is 19.5. The fourth-order valence-electron chi connectivity index (χ4n) is 4.92. The standard InChI is InChI=1S/C28H42O/c1-3-5-7-8-9-10-11-23-12-14-24(15-13-23)25-16-17-27-22-28(29-20-6-4-2)19-18-26(27)21-25/h16-19,21-24H,3-15,20H2,1-2H3/t23-,24-. The molecular weight excluding hydrogens is 352 g/mol. The molecule has 1 aliphatic carbocycles. The van der Waals surface area contributed by atoms with Gasteiger partial charge in [0.1, 0.15) is 5.75 Å². The van der Waals surface area contributed by atoms with Crippen LogP contribution in [0.4, 0.5) is 0 Å². The lowest BCUT2D eigenvalue weighted by molar-refractivity contribution is 0.302. The van der Waals surface area contributed by atoms with Crippen LogP contribution in [0.5, 0.6) is 5.75 Å². The molecule has 0 aliphatic heterocycles. The molecule has 1 saturated carbocycles. The molecule has 1 nitrogen and oxygen atoms in total. The van der Waals surface area contributed by atoms with E-state index < -0.39 is 0 Å². The Morgan fingerprint density at radius 3 is 2.21 bits per heavy atom. The first-order valence-corrected chi connectivity index (χ1v) is 12.5. The first-order chi connectivity index (χ1) is 14.3. The molecule has 0 saturated heterocycles. The van der Waals surface area contributed by atoms with E-state index in [0.29, 0.717) is 0 Å². The van der Waals surface area contributed by atoms with Crippen molar-refractivity contribution in [3.8, 4) is 5.75 Å². The third-order valence-electron chi connectivity index (χ3n) is 6.89. The molecule has 0 radical (unpaired) electrons. The molecule has 0 aromatic heterocycles. The van der Waals surface area contributed by atoms with E-state index in [9.17, 15) is 0 Å². The van der Waals surface area contributed by atoms with Crippen molar-refractivity contribution in [1.82, 2.24) is 0 Å². The molecule has 2 aromatic carbocycles. The van der Waals surface area contributed by atoms with Crippen LogP contribution in [-0.4, -0.2) is 6.61 Å². The fraction of sp³-hybridized carbons (Fsp3) is 0.643. The van der Waals surface area contributed by atoms with E-state index in [-0.39, 0.29) is 0 Å². The molecule has 0 heterocycles. The minimum atomic E-state index is 0.765. The lowest BCUT2D eigenvalue weighted by atomic mass is 9.76. The van der Waals surface area contributed by atoms with Gasteiger partial charge >= 0.3 is 0 Å². The topological polar surface area (TPSA) is 9.23 Å². The van der Waals surface area contributed by atoms with Gasteiger partial charge in [-0.05, 0) is 72.4 Å². The smallest absolute Gasteiger partial charge is 0.119 e. The summed E-state index contributed by atoms with van der Waals surface area (Å²) in [6, 6.07) is 13.7. The molecule has 0 amide bonds. The zero-order valence-corrected chi connectivity index (χ0v) is 18.9. The monoisotopic (exact) mass is 394 g/mol. The Morgan fingerprint density at radius 2 is 1.41 bits per heavy atom. The summed E-state index contributed by atoms with van der Waals surface area (Å²) in [5.74, 6) is 2.76. The maximum absolute atomic E-state index is 5.87. The van der Waals surface area contributed by atoms with Crippen molar-refractivity contribution >= 4 is 10.8 Å². The van der Waals surface area contributed by atoms with Gasteiger partial charge in [-0.15, -0.1) is 0 Å². The molecule has 2 aromatic rings. The SMILES string of the molecule is CCCCCCCC[C@H]1CC[C@H](c2ccc3cc(OCCCC)ccc3c2)CC1. The van der Waals surface area contributed by atoms with Crippen LogP contribution in [0.25, 0.3) is 10.8 Å². The van der Waals surface area contributed by atoms with E-state index >= 15 is 0 Å². The van der Waals surface area contributed by atoms with Gasteiger partial charge in [-0.25, -0.2) is 0 Å². The van der Waals surface area contributed by atoms with Gasteiger partial charge < -0.3 is 4.74 Å². The summed E-state index contributed by atoms with van der Waals surface area (Å²) in [5.41, 5.74) is 1.55. The van der Waals surface area contributed by atoms with Crippen molar-refractivity contribution in [3.63, 3.8) is 0 Å². The third kappa shape index (κ3) is 7.05. The van der Waals surface area contributed by atoms with Gasteiger partial charge in [-0.2, -0.15) is 0 Å². The average molecular weight is 395 g/mol. The molecule has 0 bridgehead atoms. The summed E-state index contributed by atoms with van der Waals surface area (Å²) in [7, 11) is 0. The number of benzene rings is 2. The van der Waals surface area contributed by atoms with Gasteiger partial charge in [0.25, 0.3) is 0 Å². The van der Waals surface area contributed by atoms with Gasteiger partial charge in [0.2, 0.25) is 0 Å². The number of ether oxygens (including phenoxy) is 1. The summed E-state index contributed by atoms with van der Waals surface area (Å²) in [5, 5.41) is 2.67. The Morgan fingerprint density at radius 1 is 0.724 bits per heavy atom. The highest BCUT2D eigenvalue weighted by Crippen LogP contribution is 2.38. The van der Waals surface area contributed by atoms with Crippen molar-refractivity contribution in [2.45, 2.75) is 103 Å². The lowest BCUT2D eigenvalue weighted by Gasteiger charge is -2.29. The van der Waals surface area contributed by atoms with E-state index in [2.05, 4.69) is 50.2 Å². The molecule has 29 heavy (non-hydrogen) atoms. The van der Waals surface area contributed by atoms with Gasteiger partial charge in [0, 0.05) is 0 Å². The quantitative estimate of drug-likeness (QED) is 0.326. The Balaban J connectivity index is 1.45. The van der Waals surface area contributed by atoms with E-state index in [1.807, 2.05) is 0 Å². The van der Waals surface area contributed by atoms with Crippen molar-refractivity contribution in [3.05, 3.63) is 42.0 Å². The summed E-state index contributed by atoms with van der Waals surface area (Å²) in [4.78, 5) is 0. The molecule has 3 rings (SSSR count). The zero-order valence-electron chi connectivity index (χ0n) is 18.9. The number of fused-ring (bicyclic) bond motifs is 1. The van der Waals surface area contributed by atoms with Gasteiger partial charge in [-0.3, -0.25) is 0 Å². The van der Waals surface area contributed by atoms with E-state index in [1.54, 1.807) is 5.56 Å². The molecule has 1 fully saturated rings. The largest absolute Gasteiger partial charge is 0.494 e.